The summed E-state index contributed by atoms with van der Waals surface area (Å²) in [5.41, 5.74) is 4.32. The van der Waals surface area contributed by atoms with E-state index >= 15 is 0 Å². The molecular formula is C21H23NO3. The highest BCUT2D eigenvalue weighted by atomic mass is 16.5. The van der Waals surface area contributed by atoms with Crippen LogP contribution in [0.1, 0.15) is 46.4 Å². The molecule has 0 bridgehead atoms. The molecule has 0 radical (unpaired) electrons. The molecule has 1 amide bonds. The van der Waals surface area contributed by atoms with Gasteiger partial charge in [0.25, 0.3) is 5.91 Å². The van der Waals surface area contributed by atoms with Crippen LogP contribution in [0.15, 0.2) is 36.4 Å². The van der Waals surface area contributed by atoms with E-state index in [1.165, 1.54) is 5.56 Å². The maximum absolute atomic E-state index is 12.9. The molecule has 0 aromatic heterocycles. The molecule has 0 fully saturated rings. The standard InChI is InChI=1S/C21H23NO3/c1-14-4-6-16(7-5-14)21(23)22-9-8-17-12-19-20(13-18(17)15(22)2)25-11-3-10-24-19/h4-7,12-13,15H,3,8-11H2,1-2H3/t15-/m1/s1. The highest BCUT2D eigenvalue weighted by molar-refractivity contribution is 5.94. The van der Waals surface area contributed by atoms with Crippen molar-refractivity contribution in [2.75, 3.05) is 19.8 Å². The molecule has 0 spiro atoms. The van der Waals surface area contributed by atoms with E-state index in [9.17, 15) is 4.79 Å². The first kappa shape index (κ1) is 16.0. The van der Waals surface area contributed by atoms with Crippen molar-refractivity contribution in [1.29, 1.82) is 0 Å². The average molecular weight is 337 g/mol. The zero-order valence-electron chi connectivity index (χ0n) is 14.7. The zero-order chi connectivity index (χ0) is 17.4. The summed E-state index contributed by atoms with van der Waals surface area (Å²) < 4.78 is 11.6. The third-order valence-corrected chi connectivity index (χ3v) is 5.11. The number of carbonyl (C=O) groups is 1. The van der Waals surface area contributed by atoms with Crippen molar-refractivity contribution in [3.05, 3.63) is 58.7 Å². The summed E-state index contributed by atoms with van der Waals surface area (Å²) in [6, 6.07) is 12.0. The molecule has 4 nitrogen and oxygen atoms in total. The topological polar surface area (TPSA) is 38.8 Å². The van der Waals surface area contributed by atoms with E-state index < -0.39 is 0 Å². The molecule has 0 aliphatic carbocycles. The Balaban J connectivity index is 1.64. The van der Waals surface area contributed by atoms with E-state index in [2.05, 4.69) is 19.1 Å². The van der Waals surface area contributed by atoms with Crippen LogP contribution >= 0.6 is 0 Å². The van der Waals surface area contributed by atoms with E-state index in [0.29, 0.717) is 13.2 Å². The smallest absolute Gasteiger partial charge is 0.254 e. The lowest BCUT2D eigenvalue weighted by Gasteiger charge is -2.36. The van der Waals surface area contributed by atoms with Crippen LogP contribution < -0.4 is 9.47 Å². The van der Waals surface area contributed by atoms with Gasteiger partial charge in [0.2, 0.25) is 0 Å². The van der Waals surface area contributed by atoms with Gasteiger partial charge in [-0.1, -0.05) is 17.7 Å². The van der Waals surface area contributed by atoms with E-state index in [1.807, 2.05) is 36.1 Å². The predicted molar refractivity (Wildman–Crippen MR) is 96.4 cm³/mol. The molecule has 130 valence electrons. The normalized spacial score (nSPS) is 19.1. The van der Waals surface area contributed by atoms with Crippen LogP contribution in [0.2, 0.25) is 0 Å². The summed E-state index contributed by atoms with van der Waals surface area (Å²) in [5, 5.41) is 0. The van der Waals surface area contributed by atoms with Crippen LogP contribution in [-0.2, 0) is 6.42 Å². The minimum atomic E-state index is 0.0229. The summed E-state index contributed by atoms with van der Waals surface area (Å²) in [7, 11) is 0. The Morgan fingerprint density at radius 3 is 2.48 bits per heavy atom. The van der Waals surface area contributed by atoms with Crippen LogP contribution in [0.3, 0.4) is 0 Å². The van der Waals surface area contributed by atoms with E-state index in [0.717, 1.165) is 47.6 Å². The highest BCUT2D eigenvalue weighted by Crippen LogP contribution is 2.39. The summed E-state index contributed by atoms with van der Waals surface area (Å²) in [4.78, 5) is 14.9. The number of hydrogen-bond acceptors (Lipinski definition) is 3. The largest absolute Gasteiger partial charge is 0.490 e. The molecule has 0 saturated carbocycles. The van der Waals surface area contributed by atoms with Crippen molar-refractivity contribution in [3.8, 4) is 11.5 Å². The molecule has 2 aromatic carbocycles. The van der Waals surface area contributed by atoms with E-state index in [4.69, 9.17) is 9.47 Å². The molecule has 0 N–H and O–H groups in total. The Hall–Kier alpha value is -2.49. The van der Waals surface area contributed by atoms with Crippen LogP contribution in [0.5, 0.6) is 11.5 Å². The number of hydrogen-bond donors (Lipinski definition) is 0. The number of amides is 1. The van der Waals surface area contributed by atoms with Gasteiger partial charge in [-0.25, -0.2) is 0 Å². The van der Waals surface area contributed by atoms with E-state index in [1.54, 1.807) is 0 Å². The Morgan fingerprint density at radius 2 is 1.76 bits per heavy atom. The molecule has 2 aliphatic heterocycles. The van der Waals surface area contributed by atoms with Gasteiger partial charge in [0.1, 0.15) is 0 Å². The quantitative estimate of drug-likeness (QED) is 0.792. The second kappa shape index (κ2) is 6.43. The predicted octanol–water partition coefficient (Wildman–Crippen LogP) is 3.92. The average Bonchev–Trinajstić information content (AvgIpc) is 2.85. The van der Waals surface area contributed by atoms with Gasteiger partial charge in [-0.05, 0) is 55.7 Å². The van der Waals surface area contributed by atoms with E-state index in [-0.39, 0.29) is 11.9 Å². The molecule has 4 rings (SSSR count). The molecule has 2 aromatic rings. The lowest BCUT2D eigenvalue weighted by Crippen LogP contribution is -2.38. The summed E-state index contributed by atoms with van der Waals surface area (Å²) in [5.74, 6) is 1.72. The van der Waals surface area contributed by atoms with Crippen molar-refractivity contribution >= 4 is 5.91 Å². The molecular weight excluding hydrogens is 314 g/mol. The van der Waals surface area contributed by atoms with Gasteiger partial charge in [0.05, 0.1) is 19.3 Å². The number of carbonyl (C=O) groups excluding carboxylic acids is 1. The molecule has 0 saturated heterocycles. The third kappa shape index (κ3) is 2.97. The van der Waals surface area contributed by atoms with Crippen molar-refractivity contribution in [2.24, 2.45) is 0 Å². The first-order chi connectivity index (χ1) is 12.1. The van der Waals surface area contributed by atoms with Crippen LogP contribution in [0.4, 0.5) is 0 Å². The fourth-order valence-electron chi connectivity index (χ4n) is 3.61. The van der Waals surface area contributed by atoms with Gasteiger partial charge in [-0.2, -0.15) is 0 Å². The maximum Gasteiger partial charge on any atom is 0.254 e. The number of benzene rings is 2. The number of fused-ring (bicyclic) bond motifs is 2. The van der Waals surface area contributed by atoms with Gasteiger partial charge in [0.15, 0.2) is 11.5 Å². The molecule has 25 heavy (non-hydrogen) atoms. The second-order valence-electron chi connectivity index (χ2n) is 6.84. The highest BCUT2D eigenvalue weighted by Gasteiger charge is 2.30. The third-order valence-electron chi connectivity index (χ3n) is 5.11. The molecule has 1 atom stereocenters. The first-order valence-corrected chi connectivity index (χ1v) is 8.93. The van der Waals surface area contributed by atoms with Crippen LogP contribution in [-0.4, -0.2) is 30.6 Å². The lowest BCUT2D eigenvalue weighted by atomic mass is 9.92. The summed E-state index contributed by atoms with van der Waals surface area (Å²) in [6.45, 7) is 6.21. The van der Waals surface area contributed by atoms with Crippen molar-refractivity contribution < 1.29 is 14.3 Å². The molecule has 0 unspecified atom stereocenters. The van der Waals surface area contributed by atoms with Crippen LogP contribution in [0.25, 0.3) is 0 Å². The minimum absolute atomic E-state index is 0.0229. The van der Waals surface area contributed by atoms with Gasteiger partial charge < -0.3 is 14.4 Å². The number of rotatable bonds is 1. The van der Waals surface area contributed by atoms with Crippen molar-refractivity contribution in [2.45, 2.75) is 32.7 Å². The zero-order valence-corrected chi connectivity index (χ0v) is 14.7. The van der Waals surface area contributed by atoms with Crippen molar-refractivity contribution in [3.63, 3.8) is 0 Å². The second-order valence-corrected chi connectivity index (χ2v) is 6.84. The van der Waals surface area contributed by atoms with Gasteiger partial charge in [-0.15, -0.1) is 0 Å². The molecule has 4 heteroatoms. The fourth-order valence-corrected chi connectivity index (χ4v) is 3.61. The number of nitrogens with zero attached hydrogens (tertiary/aromatic N) is 1. The number of ether oxygens (including phenoxy) is 2. The van der Waals surface area contributed by atoms with Gasteiger partial charge >= 0.3 is 0 Å². The minimum Gasteiger partial charge on any atom is -0.490 e. The van der Waals surface area contributed by atoms with Gasteiger partial charge in [-0.3, -0.25) is 4.79 Å². The van der Waals surface area contributed by atoms with Crippen LogP contribution in [0, 0.1) is 6.92 Å². The van der Waals surface area contributed by atoms with Gasteiger partial charge in [0, 0.05) is 18.5 Å². The lowest BCUT2D eigenvalue weighted by molar-refractivity contribution is 0.0677. The van der Waals surface area contributed by atoms with Crippen molar-refractivity contribution in [1.82, 2.24) is 4.90 Å². The fraction of sp³-hybridized carbons (Fsp3) is 0.381. The Kier molecular flexibility index (Phi) is 4.12. The Labute approximate surface area is 148 Å². The molecule has 2 aliphatic rings. The molecule has 2 heterocycles. The SMILES string of the molecule is Cc1ccc(C(=O)N2CCc3cc4c(cc3[C@H]2C)OCCCO4)cc1. The summed E-state index contributed by atoms with van der Waals surface area (Å²) >= 11 is 0. The first-order valence-electron chi connectivity index (χ1n) is 8.93. The number of aryl methyl sites for hydroxylation is 1. The summed E-state index contributed by atoms with van der Waals surface area (Å²) in [6.07, 6.45) is 1.74. The Morgan fingerprint density at radius 1 is 1.08 bits per heavy atom. The maximum atomic E-state index is 12.9. The monoisotopic (exact) mass is 337 g/mol. The Bertz CT molecular complexity index is 798.